The molecule has 0 aromatic heterocycles. The number of halogens is 3. The summed E-state index contributed by atoms with van der Waals surface area (Å²) in [5.74, 6) is -1.50. The number of ether oxygens (including phenoxy) is 1. The molecule has 1 aliphatic rings. The van der Waals surface area contributed by atoms with Crippen LogP contribution in [-0.2, 0) is 20.5 Å². The lowest BCUT2D eigenvalue weighted by Crippen LogP contribution is -2.45. The molecule has 1 heterocycles. The molecule has 8 heteroatoms. The number of hydrogen-bond donors (Lipinski definition) is 1. The quantitative estimate of drug-likeness (QED) is 0.842. The van der Waals surface area contributed by atoms with E-state index >= 15 is 0 Å². The number of benzene rings is 1. The molecule has 136 valence electrons. The SMILES string of the molecule is C/C(=C/C(=O)N1CCOC(CC(=O)O)C1)c1ccccc1C(F)(F)F. The molecule has 0 radical (unpaired) electrons. The van der Waals surface area contributed by atoms with E-state index < -0.39 is 29.7 Å². The highest BCUT2D eigenvalue weighted by molar-refractivity contribution is 5.95. The smallest absolute Gasteiger partial charge is 0.416 e. The van der Waals surface area contributed by atoms with Gasteiger partial charge < -0.3 is 14.7 Å². The number of carboxylic acids is 1. The predicted octanol–water partition coefficient (Wildman–Crippen LogP) is 2.81. The molecule has 1 aliphatic heterocycles. The Balaban J connectivity index is 2.17. The van der Waals surface area contributed by atoms with Crippen molar-refractivity contribution in [1.82, 2.24) is 4.90 Å². The van der Waals surface area contributed by atoms with Crippen molar-refractivity contribution in [2.75, 3.05) is 19.7 Å². The van der Waals surface area contributed by atoms with Crippen molar-refractivity contribution < 1.29 is 32.6 Å². The van der Waals surface area contributed by atoms with Crippen molar-refractivity contribution in [3.05, 3.63) is 41.5 Å². The van der Waals surface area contributed by atoms with Gasteiger partial charge in [0.15, 0.2) is 0 Å². The zero-order valence-corrected chi connectivity index (χ0v) is 13.5. The van der Waals surface area contributed by atoms with Crippen molar-refractivity contribution in [3.63, 3.8) is 0 Å². The van der Waals surface area contributed by atoms with Crippen LogP contribution >= 0.6 is 0 Å². The maximum atomic E-state index is 13.1. The van der Waals surface area contributed by atoms with Gasteiger partial charge in [-0.05, 0) is 24.1 Å². The van der Waals surface area contributed by atoms with E-state index in [0.717, 1.165) is 12.1 Å². The minimum atomic E-state index is -4.51. The first-order valence-corrected chi connectivity index (χ1v) is 7.65. The minimum Gasteiger partial charge on any atom is -0.481 e. The van der Waals surface area contributed by atoms with Crippen molar-refractivity contribution in [2.24, 2.45) is 0 Å². The van der Waals surface area contributed by atoms with E-state index in [1.54, 1.807) is 0 Å². The fourth-order valence-corrected chi connectivity index (χ4v) is 2.67. The first-order chi connectivity index (χ1) is 11.7. The molecule has 0 bridgehead atoms. The van der Waals surface area contributed by atoms with Gasteiger partial charge in [0.25, 0.3) is 0 Å². The fourth-order valence-electron chi connectivity index (χ4n) is 2.67. The first kappa shape index (κ1) is 19.0. The Morgan fingerprint density at radius 3 is 2.68 bits per heavy atom. The average molecular weight is 357 g/mol. The molecule has 25 heavy (non-hydrogen) atoms. The summed E-state index contributed by atoms with van der Waals surface area (Å²) in [5.41, 5.74) is -0.667. The molecule has 2 rings (SSSR count). The van der Waals surface area contributed by atoms with Gasteiger partial charge in [-0.3, -0.25) is 9.59 Å². The van der Waals surface area contributed by atoms with Gasteiger partial charge in [0, 0.05) is 19.2 Å². The van der Waals surface area contributed by atoms with E-state index in [4.69, 9.17) is 9.84 Å². The number of aliphatic carboxylic acids is 1. The van der Waals surface area contributed by atoms with Gasteiger partial charge in [-0.25, -0.2) is 0 Å². The Bertz CT molecular complexity index is 685. The minimum absolute atomic E-state index is 0.0568. The van der Waals surface area contributed by atoms with Crippen LogP contribution in [-0.4, -0.2) is 47.7 Å². The Morgan fingerprint density at radius 1 is 1.36 bits per heavy atom. The molecule has 0 aliphatic carbocycles. The van der Waals surface area contributed by atoms with Crippen LogP contribution in [0.4, 0.5) is 13.2 Å². The second-order valence-electron chi connectivity index (χ2n) is 5.75. The third-order valence-electron chi connectivity index (χ3n) is 3.85. The number of carbonyl (C=O) groups is 2. The number of nitrogens with zero attached hydrogens (tertiary/aromatic N) is 1. The molecule has 1 fully saturated rings. The van der Waals surface area contributed by atoms with E-state index in [1.807, 2.05) is 0 Å². The monoisotopic (exact) mass is 357 g/mol. The van der Waals surface area contributed by atoms with Crippen LogP contribution in [0.25, 0.3) is 5.57 Å². The zero-order chi connectivity index (χ0) is 18.6. The van der Waals surface area contributed by atoms with E-state index in [1.165, 1.54) is 30.0 Å². The highest BCUT2D eigenvalue weighted by atomic mass is 19.4. The molecule has 1 saturated heterocycles. The van der Waals surface area contributed by atoms with Gasteiger partial charge in [-0.15, -0.1) is 0 Å². The summed E-state index contributed by atoms with van der Waals surface area (Å²) < 4.78 is 44.5. The molecular formula is C17H18F3NO4. The molecule has 5 nitrogen and oxygen atoms in total. The van der Waals surface area contributed by atoms with Gasteiger partial charge >= 0.3 is 12.1 Å². The van der Waals surface area contributed by atoms with Gasteiger partial charge in [-0.2, -0.15) is 13.2 Å². The maximum absolute atomic E-state index is 13.1. The van der Waals surface area contributed by atoms with Crippen LogP contribution in [0.5, 0.6) is 0 Å². The highest BCUT2D eigenvalue weighted by Gasteiger charge is 2.33. The van der Waals surface area contributed by atoms with Gasteiger partial charge in [0.05, 0.1) is 24.7 Å². The van der Waals surface area contributed by atoms with Crippen LogP contribution in [0, 0.1) is 0 Å². The van der Waals surface area contributed by atoms with E-state index in [-0.39, 0.29) is 37.3 Å². The second-order valence-corrected chi connectivity index (χ2v) is 5.75. The molecule has 1 N–H and O–H groups in total. The predicted molar refractivity (Wildman–Crippen MR) is 83.7 cm³/mol. The van der Waals surface area contributed by atoms with Gasteiger partial charge in [0.1, 0.15) is 0 Å². The lowest BCUT2D eigenvalue weighted by molar-refractivity contribution is -0.145. The molecule has 1 aromatic carbocycles. The van der Waals surface area contributed by atoms with Crippen LogP contribution in [0.2, 0.25) is 0 Å². The van der Waals surface area contributed by atoms with Gasteiger partial charge in [-0.1, -0.05) is 18.2 Å². The van der Waals surface area contributed by atoms with E-state index in [0.29, 0.717) is 0 Å². The van der Waals surface area contributed by atoms with E-state index in [9.17, 15) is 22.8 Å². The van der Waals surface area contributed by atoms with E-state index in [2.05, 4.69) is 0 Å². The number of carboxylic acid groups (broad SMARTS) is 1. The summed E-state index contributed by atoms with van der Waals surface area (Å²) in [6, 6.07) is 5.05. The standard InChI is InChI=1S/C17H18F3NO4/c1-11(13-4-2-3-5-14(13)17(18,19)20)8-15(22)21-6-7-25-12(10-21)9-16(23)24/h2-5,8,12H,6-7,9-10H2,1H3,(H,23,24)/b11-8-. The number of morpholine rings is 1. The molecule has 0 spiro atoms. The summed E-state index contributed by atoms with van der Waals surface area (Å²) >= 11 is 0. The van der Waals surface area contributed by atoms with Crippen molar-refractivity contribution in [2.45, 2.75) is 25.6 Å². The van der Waals surface area contributed by atoms with Crippen molar-refractivity contribution >= 4 is 17.4 Å². The summed E-state index contributed by atoms with van der Waals surface area (Å²) in [4.78, 5) is 24.5. The maximum Gasteiger partial charge on any atom is 0.416 e. The topological polar surface area (TPSA) is 66.8 Å². The lowest BCUT2D eigenvalue weighted by Gasteiger charge is -2.31. The Kier molecular flexibility index (Phi) is 5.84. The molecule has 1 amide bonds. The first-order valence-electron chi connectivity index (χ1n) is 7.65. The summed E-state index contributed by atoms with van der Waals surface area (Å²) in [6.07, 6.45) is -4.22. The summed E-state index contributed by atoms with van der Waals surface area (Å²) in [7, 11) is 0. The van der Waals surface area contributed by atoms with Crippen LogP contribution < -0.4 is 0 Å². The molecule has 1 atom stereocenters. The van der Waals surface area contributed by atoms with Crippen LogP contribution in [0.1, 0.15) is 24.5 Å². The average Bonchev–Trinajstić information content (AvgIpc) is 2.53. The number of rotatable bonds is 4. The number of hydrogen-bond acceptors (Lipinski definition) is 3. The molecule has 1 aromatic rings. The molecular weight excluding hydrogens is 339 g/mol. The normalized spacial score (nSPS) is 19.0. The third-order valence-corrected chi connectivity index (χ3v) is 3.85. The third kappa shape index (κ3) is 5.06. The summed E-state index contributed by atoms with van der Waals surface area (Å²) in [6.45, 7) is 1.99. The molecule has 0 saturated carbocycles. The van der Waals surface area contributed by atoms with Gasteiger partial charge in [0.2, 0.25) is 5.91 Å². The molecule has 1 unspecified atom stereocenters. The highest BCUT2D eigenvalue weighted by Crippen LogP contribution is 2.34. The van der Waals surface area contributed by atoms with Crippen LogP contribution in [0.15, 0.2) is 30.3 Å². The lowest BCUT2D eigenvalue weighted by atomic mass is 10.00. The van der Waals surface area contributed by atoms with Crippen molar-refractivity contribution in [3.8, 4) is 0 Å². The number of alkyl halides is 3. The summed E-state index contributed by atoms with van der Waals surface area (Å²) in [5, 5.41) is 8.79. The zero-order valence-electron chi connectivity index (χ0n) is 13.5. The number of amides is 1. The number of allylic oxidation sites excluding steroid dienone is 1. The Morgan fingerprint density at radius 2 is 2.04 bits per heavy atom. The number of carbonyl (C=O) groups excluding carboxylic acids is 1. The fraction of sp³-hybridized carbons (Fsp3) is 0.412. The second kappa shape index (κ2) is 7.69. The largest absolute Gasteiger partial charge is 0.481 e. The Hall–Kier alpha value is -2.35. The van der Waals surface area contributed by atoms with Crippen molar-refractivity contribution in [1.29, 1.82) is 0 Å². The van der Waals surface area contributed by atoms with Crippen LogP contribution in [0.3, 0.4) is 0 Å². The Labute approximate surface area is 142 Å².